The van der Waals surface area contributed by atoms with Gasteiger partial charge in [-0.25, -0.2) is 0 Å². The van der Waals surface area contributed by atoms with E-state index in [1.54, 1.807) is 24.1 Å². The van der Waals surface area contributed by atoms with Crippen LogP contribution >= 0.6 is 24.2 Å². The molecular weight excluding hydrogens is 374 g/mol. The predicted molar refractivity (Wildman–Crippen MR) is 106 cm³/mol. The maximum atomic E-state index is 12.4. The minimum Gasteiger partial charge on any atom is -0.352 e. The van der Waals surface area contributed by atoms with Crippen molar-refractivity contribution < 1.29 is 9.59 Å². The summed E-state index contributed by atoms with van der Waals surface area (Å²) in [5.74, 6) is 2.79. The molecule has 9 heteroatoms. The number of aryl methyl sites for hydroxylation is 1. The lowest BCUT2D eigenvalue weighted by Crippen LogP contribution is -2.45. The molecule has 0 aromatic carbocycles. The molecule has 7 nitrogen and oxygen atoms in total. The normalized spacial score (nSPS) is 21.1. The molecule has 0 saturated carbocycles. The fourth-order valence-corrected chi connectivity index (χ4v) is 4.30. The molecule has 1 aromatic heterocycles. The highest BCUT2D eigenvalue weighted by atomic mass is 35.5. The lowest BCUT2D eigenvalue weighted by atomic mass is 9.96. The number of aromatic nitrogens is 2. The largest absolute Gasteiger partial charge is 0.352 e. The zero-order valence-electron chi connectivity index (χ0n) is 15.1. The minimum absolute atomic E-state index is 0. The van der Waals surface area contributed by atoms with Crippen molar-refractivity contribution >= 4 is 36.0 Å². The first-order valence-electron chi connectivity index (χ1n) is 8.97. The van der Waals surface area contributed by atoms with Gasteiger partial charge < -0.3 is 15.5 Å². The van der Waals surface area contributed by atoms with E-state index in [0.29, 0.717) is 30.5 Å². The van der Waals surface area contributed by atoms with Gasteiger partial charge >= 0.3 is 0 Å². The van der Waals surface area contributed by atoms with Crippen molar-refractivity contribution in [3.05, 3.63) is 18.0 Å². The van der Waals surface area contributed by atoms with Crippen LogP contribution in [0, 0.1) is 5.92 Å². The van der Waals surface area contributed by atoms with Crippen LogP contribution in [0.15, 0.2) is 12.4 Å². The summed E-state index contributed by atoms with van der Waals surface area (Å²) in [6.07, 6.45) is 5.80. The van der Waals surface area contributed by atoms with Crippen LogP contribution in [-0.2, 0) is 11.8 Å². The number of nitrogens with one attached hydrogen (secondary N) is 2. The Balaban J connectivity index is 0.00000243. The van der Waals surface area contributed by atoms with Crippen molar-refractivity contribution in [2.75, 3.05) is 37.7 Å². The smallest absolute Gasteiger partial charge is 0.254 e. The molecule has 146 valence electrons. The van der Waals surface area contributed by atoms with Crippen LogP contribution in [-0.4, -0.2) is 70.2 Å². The molecule has 2 amide bonds. The van der Waals surface area contributed by atoms with Crippen LogP contribution in [0.5, 0.6) is 0 Å². The summed E-state index contributed by atoms with van der Waals surface area (Å²) < 4.78 is 1.62. The van der Waals surface area contributed by atoms with Crippen LogP contribution in [0.3, 0.4) is 0 Å². The Morgan fingerprint density at radius 2 is 2.15 bits per heavy atom. The third-order valence-corrected chi connectivity index (χ3v) is 6.04. The molecule has 0 spiro atoms. The summed E-state index contributed by atoms with van der Waals surface area (Å²) in [6, 6.07) is 0.322. The van der Waals surface area contributed by atoms with E-state index in [2.05, 4.69) is 15.7 Å². The number of likely N-dealkylation sites (tertiary alicyclic amines) is 1. The molecule has 2 fully saturated rings. The minimum atomic E-state index is -0.0764. The average molecular weight is 402 g/mol. The van der Waals surface area contributed by atoms with Gasteiger partial charge in [-0.05, 0) is 18.8 Å². The van der Waals surface area contributed by atoms with E-state index in [4.69, 9.17) is 0 Å². The van der Waals surface area contributed by atoms with Crippen molar-refractivity contribution in [3.8, 4) is 0 Å². The molecule has 1 atom stereocenters. The van der Waals surface area contributed by atoms with Gasteiger partial charge in [0.1, 0.15) is 0 Å². The van der Waals surface area contributed by atoms with Crippen molar-refractivity contribution in [2.24, 2.45) is 13.0 Å². The van der Waals surface area contributed by atoms with Crippen LogP contribution in [0.1, 0.15) is 29.6 Å². The zero-order valence-corrected chi connectivity index (χ0v) is 16.8. The highest BCUT2D eigenvalue weighted by Gasteiger charge is 2.25. The number of carbonyl (C=O) groups excluding carboxylic acids is 2. The fourth-order valence-electron chi connectivity index (χ4n) is 3.35. The van der Waals surface area contributed by atoms with Crippen LogP contribution in [0.4, 0.5) is 0 Å². The fraction of sp³-hybridized carbons (Fsp3) is 0.706. The number of amides is 2. The number of hydrogen-bond acceptors (Lipinski definition) is 5. The number of thioether (sulfide) groups is 1. The van der Waals surface area contributed by atoms with E-state index >= 15 is 0 Å². The van der Waals surface area contributed by atoms with Crippen LogP contribution < -0.4 is 10.6 Å². The molecular formula is C17H28ClN5O2S. The van der Waals surface area contributed by atoms with Crippen molar-refractivity contribution in [3.63, 3.8) is 0 Å². The first-order chi connectivity index (χ1) is 12.1. The van der Waals surface area contributed by atoms with Gasteiger partial charge in [-0.2, -0.15) is 16.9 Å². The first kappa shape index (κ1) is 21.1. The molecule has 0 radical (unpaired) electrons. The standard InChI is InChI=1S/C17H27N5O2S.ClH/c1-21-11-14(10-20-21)17(24)19-9-13-2-5-22(6-3-13)16(23)8-15-12-25-7-4-18-15;/h10-11,13,15,18H,2-9,12H2,1H3,(H,19,24);1H. The highest BCUT2D eigenvalue weighted by Crippen LogP contribution is 2.19. The molecule has 2 aliphatic rings. The Morgan fingerprint density at radius 3 is 2.77 bits per heavy atom. The van der Waals surface area contributed by atoms with Gasteiger partial charge in [0, 0.05) is 63.4 Å². The van der Waals surface area contributed by atoms with E-state index in [-0.39, 0.29) is 24.2 Å². The van der Waals surface area contributed by atoms with E-state index in [1.807, 2.05) is 16.7 Å². The van der Waals surface area contributed by atoms with Crippen LogP contribution in [0.2, 0.25) is 0 Å². The Hall–Kier alpha value is -1.25. The van der Waals surface area contributed by atoms with Gasteiger partial charge in [-0.15, -0.1) is 12.4 Å². The van der Waals surface area contributed by atoms with Gasteiger partial charge in [-0.1, -0.05) is 0 Å². The number of rotatable bonds is 5. The Bertz CT molecular complexity index is 598. The third-order valence-electron chi connectivity index (χ3n) is 4.91. The Morgan fingerprint density at radius 1 is 1.38 bits per heavy atom. The van der Waals surface area contributed by atoms with Gasteiger partial charge in [-0.3, -0.25) is 14.3 Å². The molecule has 0 aliphatic carbocycles. The summed E-state index contributed by atoms with van der Waals surface area (Å²) in [5.41, 5.74) is 0.591. The average Bonchev–Trinajstić information content (AvgIpc) is 3.07. The topological polar surface area (TPSA) is 79.3 Å². The third kappa shape index (κ3) is 5.89. The Labute approximate surface area is 165 Å². The van der Waals surface area contributed by atoms with Gasteiger partial charge in [0.05, 0.1) is 11.8 Å². The molecule has 2 aliphatic heterocycles. The van der Waals surface area contributed by atoms with E-state index < -0.39 is 0 Å². The summed E-state index contributed by atoms with van der Waals surface area (Å²) in [4.78, 5) is 26.5. The van der Waals surface area contributed by atoms with Gasteiger partial charge in [0.2, 0.25) is 5.91 Å². The molecule has 1 unspecified atom stereocenters. The number of halogens is 1. The molecule has 1 aromatic rings. The van der Waals surface area contributed by atoms with E-state index in [9.17, 15) is 9.59 Å². The first-order valence-corrected chi connectivity index (χ1v) is 10.1. The quantitative estimate of drug-likeness (QED) is 0.766. The monoisotopic (exact) mass is 401 g/mol. The number of piperidine rings is 1. The molecule has 0 bridgehead atoms. The highest BCUT2D eigenvalue weighted by molar-refractivity contribution is 7.99. The second kappa shape index (κ2) is 10.2. The lowest BCUT2D eigenvalue weighted by Gasteiger charge is -2.33. The predicted octanol–water partition coefficient (Wildman–Crippen LogP) is 0.905. The SMILES string of the molecule is Cl.Cn1cc(C(=O)NCC2CCN(C(=O)CC3CSCCN3)CC2)cn1. The van der Waals surface area contributed by atoms with Crippen molar-refractivity contribution in [1.29, 1.82) is 0 Å². The van der Waals surface area contributed by atoms with Gasteiger partial charge in [0.25, 0.3) is 5.91 Å². The van der Waals surface area contributed by atoms with Crippen LogP contribution in [0.25, 0.3) is 0 Å². The number of nitrogens with zero attached hydrogens (tertiary/aromatic N) is 3. The maximum absolute atomic E-state index is 12.4. The second-order valence-corrected chi connectivity index (χ2v) is 8.02. The van der Waals surface area contributed by atoms with Gasteiger partial charge in [0.15, 0.2) is 0 Å². The zero-order chi connectivity index (χ0) is 17.6. The number of carbonyl (C=O) groups is 2. The summed E-state index contributed by atoms with van der Waals surface area (Å²) in [5, 5.41) is 10.4. The molecule has 2 N–H and O–H groups in total. The summed E-state index contributed by atoms with van der Waals surface area (Å²) in [7, 11) is 1.80. The van der Waals surface area contributed by atoms with E-state index in [0.717, 1.165) is 44.0 Å². The molecule has 3 rings (SSSR count). The molecule has 26 heavy (non-hydrogen) atoms. The molecule has 2 saturated heterocycles. The van der Waals surface area contributed by atoms with Crippen molar-refractivity contribution in [2.45, 2.75) is 25.3 Å². The molecule has 3 heterocycles. The summed E-state index contributed by atoms with van der Waals surface area (Å²) in [6.45, 7) is 3.26. The maximum Gasteiger partial charge on any atom is 0.254 e. The lowest BCUT2D eigenvalue weighted by molar-refractivity contribution is -0.133. The summed E-state index contributed by atoms with van der Waals surface area (Å²) >= 11 is 1.92. The van der Waals surface area contributed by atoms with Crippen molar-refractivity contribution in [1.82, 2.24) is 25.3 Å². The van der Waals surface area contributed by atoms with E-state index in [1.165, 1.54) is 0 Å². The second-order valence-electron chi connectivity index (χ2n) is 6.87. The number of hydrogen-bond donors (Lipinski definition) is 2. The Kier molecular flexibility index (Phi) is 8.24.